The molecule has 0 radical (unpaired) electrons. The molecule has 0 fully saturated rings. The van der Waals surface area contributed by atoms with Crippen LogP contribution in [-0.4, -0.2) is 47.6 Å². The zero-order valence-corrected chi connectivity index (χ0v) is 23.1. The van der Waals surface area contributed by atoms with Gasteiger partial charge in [0.2, 0.25) is 17.7 Å². The minimum atomic E-state index is -0.863. The van der Waals surface area contributed by atoms with Crippen LogP contribution < -0.4 is 20.9 Å². The van der Waals surface area contributed by atoms with Crippen LogP contribution in [0.15, 0.2) is 85.1 Å². The van der Waals surface area contributed by atoms with Gasteiger partial charge in [-0.3, -0.25) is 19.6 Å². The third-order valence-corrected chi connectivity index (χ3v) is 7.16. The number of H-pyrrole nitrogens is 1. The summed E-state index contributed by atoms with van der Waals surface area (Å²) in [7, 11) is 1.59. The molecule has 0 spiro atoms. The van der Waals surface area contributed by atoms with E-state index in [-0.39, 0.29) is 18.7 Å². The van der Waals surface area contributed by atoms with Gasteiger partial charge in [-0.1, -0.05) is 60.7 Å². The molecule has 0 saturated heterocycles. The summed E-state index contributed by atoms with van der Waals surface area (Å²) in [6, 6.07) is 24.2. The first-order chi connectivity index (χ1) is 20.0. The highest BCUT2D eigenvalue weighted by atomic mass is 16.5. The number of aromatic nitrogens is 1. The number of ether oxygens (including phenoxy) is 1. The van der Waals surface area contributed by atoms with Gasteiger partial charge in [0, 0.05) is 42.4 Å². The van der Waals surface area contributed by atoms with Crippen molar-refractivity contribution in [1.29, 1.82) is 0 Å². The molecule has 3 aromatic carbocycles. The van der Waals surface area contributed by atoms with Gasteiger partial charge in [0.15, 0.2) is 0 Å². The minimum absolute atomic E-state index is 0.214. The molecule has 41 heavy (non-hydrogen) atoms. The molecule has 0 saturated carbocycles. The summed E-state index contributed by atoms with van der Waals surface area (Å²) < 4.78 is 5.20. The third kappa shape index (κ3) is 8.43. The number of hydrogen-bond acceptors (Lipinski definition) is 5. The van der Waals surface area contributed by atoms with E-state index in [1.165, 1.54) is 0 Å². The van der Waals surface area contributed by atoms with E-state index in [2.05, 4.69) is 15.6 Å². The van der Waals surface area contributed by atoms with Crippen molar-refractivity contribution in [2.75, 3.05) is 13.7 Å². The number of aromatic amines is 1. The van der Waals surface area contributed by atoms with Gasteiger partial charge in [-0.2, -0.15) is 0 Å². The summed E-state index contributed by atoms with van der Waals surface area (Å²) in [6.45, 7) is 0.414. The number of fused-ring (bicyclic) bond motifs is 1. The maximum absolute atomic E-state index is 13.5. The fourth-order valence-corrected chi connectivity index (χ4v) is 4.85. The van der Waals surface area contributed by atoms with Crippen LogP contribution in [0.4, 0.5) is 0 Å². The summed E-state index contributed by atoms with van der Waals surface area (Å²) in [5.41, 5.74) is 5.53. The molecule has 4 aromatic rings. The number of carbonyl (C=O) groups excluding carboxylic acids is 3. The van der Waals surface area contributed by atoms with Crippen molar-refractivity contribution in [3.63, 3.8) is 0 Å². The summed E-state index contributed by atoms with van der Waals surface area (Å²) in [6.07, 6.45) is 3.43. The van der Waals surface area contributed by atoms with Crippen LogP contribution in [0.5, 0.6) is 5.75 Å². The predicted octanol–water partition coefficient (Wildman–Crippen LogP) is 3.71. The van der Waals surface area contributed by atoms with Crippen molar-refractivity contribution >= 4 is 28.6 Å². The molecular weight excluding hydrogens is 520 g/mol. The van der Waals surface area contributed by atoms with Gasteiger partial charge < -0.3 is 20.4 Å². The Morgan fingerprint density at radius 1 is 0.878 bits per heavy atom. The summed E-state index contributed by atoms with van der Waals surface area (Å²) in [5, 5.41) is 16.0. The highest BCUT2D eigenvalue weighted by Gasteiger charge is 2.28. The van der Waals surface area contributed by atoms with Gasteiger partial charge >= 0.3 is 0 Å². The Balaban J connectivity index is 1.48. The Morgan fingerprint density at radius 3 is 2.32 bits per heavy atom. The van der Waals surface area contributed by atoms with Gasteiger partial charge in [-0.05, 0) is 54.2 Å². The van der Waals surface area contributed by atoms with Crippen LogP contribution in [0.3, 0.4) is 0 Å². The number of amides is 3. The average molecular weight is 557 g/mol. The van der Waals surface area contributed by atoms with Crippen molar-refractivity contribution < 1.29 is 24.3 Å². The summed E-state index contributed by atoms with van der Waals surface area (Å²) >= 11 is 0. The smallest absolute Gasteiger partial charge is 0.244 e. The van der Waals surface area contributed by atoms with Crippen molar-refractivity contribution in [3.05, 3.63) is 102 Å². The van der Waals surface area contributed by atoms with Crippen molar-refractivity contribution in [2.45, 2.75) is 38.1 Å². The molecule has 214 valence electrons. The number of hydroxylamine groups is 1. The summed E-state index contributed by atoms with van der Waals surface area (Å²) in [4.78, 5) is 42.2. The number of rotatable bonds is 14. The summed E-state index contributed by atoms with van der Waals surface area (Å²) in [5.74, 6) is -1.43. The molecule has 9 nitrogen and oxygen atoms in total. The zero-order chi connectivity index (χ0) is 29.0. The lowest BCUT2D eigenvalue weighted by molar-refractivity contribution is -0.136. The molecule has 4 rings (SSSR count). The molecule has 0 unspecified atom stereocenters. The lowest BCUT2D eigenvalue weighted by Crippen LogP contribution is -2.50. The topological polar surface area (TPSA) is 133 Å². The van der Waals surface area contributed by atoms with Crippen molar-refractivity contribution in [2.24, 2.45) is 5.92 Å². The number of para-hydroxylation sites is 1. The van der Waals surface area contributed by atoms with Crippen LogP contribution in [0.25, 0.3) is 10.9 Å². The molecule has 1 heterocycles. The standard InChI is InChI=1S/C32H36N4O5/c1-41-26-15-12-23(13-16-26)11-14-24(20-30(37)36-40)31(38)35-29(19-25-21-34-28-10-6-5-9-27(25)28)32(39)33-18-17-22-7-3-2-4-8-22/h2-10,12-13,15-16,21,24,29,34,40H,11,14,17-20H2,1H3,(H,33,39)(H,35,38)(H,36,37)/t24-,29+/m1/s1. The van der Waals surface area contributed by atoms with Crippen molar-refractivity contribution in [1.82, 2.24) is 21.1 Å². The first-order valence-corrected chi connectivity index (χ1v) is 13.7. The number of benzene rings is 3. The van der Waals surface area contributed by atoms with Crippen LogP contribution in [0.2, 0.25) is 0 Å². The number of methoxy groups -OCH3 is 1. The second-order valence-corrected chi connectivity index (χ2v) is 9.97. The van der Waals surface area contributed by atoms with Gasteiger partial charge in [0.25, 0.3) is 0 Å². The normalized spacial score (nSPS) is 12.3. The number of aryl methyl sites for hydroxylation is 1. The fraction of sp³-hybridized carbons (Fsp3) is 0.281. The molecular formula is C32H36N4O5. The lowest BCUT2D eigenvalue weighted by Gasteiger charge is -2.22. The minimum Gasteiger partial charge on any atom is -0.497 e. The molecule has 0 aliphatic rings. The fourth-order valence-electron chi connectivity index (χ4n) is 4.85. The monoisotopic (exact) mass is 556 g/mol. The van der Waals surface area contributed by atoms with Crippen LogP contribution in [0.1, 0.15) is 29.5 Å². The highest BCUT2D eigenvalue weighted by molar-refractivity contribution is 5.91. The van der Waals surface area contributed by atoms with Gasteiger partial charge in [0.05, 0.1) is 7.11 Å². The largest absolute Gasteiger partial charge is 0.497 e. The van der Waals surface area contributed by atoms with Gasteiger partial charge in [-0.15, -0.1) is 0 Å². The number of nitrogens with one attached hydrogen (secondary N) is 4. The SMILES string of the molecule is COc1ccc(CC[C@H](CC(=O)NO)C(=O)N[C@@H](Cc2c[nH]c3ccccc23)C(=O)NCCc2ccccc2)cc1. The maximum Gasteiger partial charge on any atom is 0.244 e. The predicted molar refractivity (Wildman–Crippen MR) is 156 cm³/mol. The number of carbonyl (C=O) groups is 3. The Bertz CT molecular complexity index is 1440. The second-order valence-electron chi connectivity index (χ2n) is 9.97. The molecule has 1 aromatic heterocycles. The molecule has 0 bridgehead atoms. The van der Waals surface area contributed by atoms with E-state index in [1.807, 2.05) is 85.1 Å². The van der Waals surface area contributed by atoms with Crippen molar-refractivity contribution in [3.8, 4) is 5.75 Å². The van der Waals surface area contributed by atoms with Gasteiger partial charge in [-0.25, -0.2) is 5.48 Å². The van der Waals surface area contributed by atoms with E-state index in [9.17, 15) is 14.4 Å². The van der Waals surface area contributed by atoms with Crippen LogP contribution in [0, 0.1) is 5.92 Å². The van der Waals surface area contributed by atoms with E-state index < -0.39 is 23.8 Å². The first-order valence-electron chi connectivity index (χ1n) is 13.7. The molecule has 9 heteroatoms. The average Bonchev–Trinajstić information content (AvgIpc) is 3.42. The van der Waals surface area contributed by atoms with E-state index in [0.717, 1.165) is 33.3 Å². The van der Waals surface area contributed by atoms with Gasteiger partial charge in [0.1, 0.15) is 11.8 Å². The molecule has 3 amide bonds. The Hall–Kier alpha value is -4.63. The van der Waals surface area contributed by atoms with E-state index >= 15 is 0 Å². The molecule has 5 N–H and O–H groups in total. The lowest BCUT2D eigenvalue weighted by atomic mass is 9.94. The second kappa shape index (κ2) is 14.7. The Kier molecular flexibility index (Phi) is 10.5. The molecule has 0 aliphatic heterocycles. The Labute approximate surface area is 239 Å². The van der Waals surface area contributed by atoms with E-state index in [0.29, 0.717) is 25.8 Å². The van der Waals surface area contributed by atoms with Crippen LogP contribution >= 0.6 is 0 Å². The van der Waals surface area contributed by atoms with Crippen LogP contribution in [-0.2, 0) is 33.6 Å². The quantitative estimate of drug-likeness (QED) is 0.119. The Morgan fingerprint density at radius 2 is 1.59 bits per heavy atom. The van der Waals surface area contributed by atoms with E-state index in [4.69, 9.17) is 9.94 Å². The number of hydrogen-bond donors (Lipinski definition) is 5. The first kappa shape index (κ1) is 29.4. The third-order valence-electron chi connectivity index (χ3n) is 7.16. The molecule has 0 aliphatic carbocycles. The zero-order valence-electron chi connectivity index (χ0n) is 23.1. The molecule has 2 atom stereocenters. The van der Waals surface area contributed by atoms with E-state index in [1.54, 1.807) is 12.6 Å². The maximum atomic E-state index is 13.5. The highest BCUT2D eigenvalue weighted by Crippen LogP contribution is 2.21.